The average Bonchev–Trinajstić information content (AvgIpc) is 2.44. The van der Waals surface area contributed by atoms with Gasteiger partial charge in [-0.2, -0.15) is 0 Å². The maximum Gasteiger partial charge on any atom is 0.135 e. The first-order valence-electron chi connectivity index (χ1n) is 7.59. The van der Waals surface area contributed by atoms with Crippen molar-refractivity contribution in [1.29, 1.82) is 0 Å². The van der Waals surface area contributed by atoms with E-state index in [0.29, 0.717) is 5.78 Å². The van der Waals surface area contributed by atoms with Crippen LogP contribution in [0.25, 0.3) is 0 Å². The summed E-state index contributed by atoms with van der Waals surface area (Å²) in [6.45, 7) is 7.97. The third kappa shape index (κ3) is 4.64. The number of hydrogen-bond donors (Lipinski definition) is 0. The molecule has 3 nitrogen and oxygen atoms in total. The van der Waals surface area contributed by atoms with Crippen LogP contribution >= 0.6 is 0 Å². The molecule has 0 unspecified atom stereocenters. The van der Waals surface area contributed by atoms with E-state index in [1.165, 1.54) is 11.1 Å². The summed E-state index contributed by atoms with van der Waals surface area (Å²) >= 11 is 0. The van der Waals surface area contributed by atoms with E-state index in [9.17, 15) is 4.79 Å². The van der Waals surface area contributed by atoms with Crippen LogP contribution in [0.4, 0.5) is 0 Å². The summed E-state index contributed by atoms with van der Waals surface area (Å²) in [5.74, 6) is 1.39. The molecule has 0 radical (unpaired) electrons. The molecule has 1 aliphatic rings. The van der Waals surface area contributed by atoms with Crippen LogP contribution in [0.3, 0.4) is 0 Å². The molecular weight excluding hydrogens is 250 g/mol. The Morgan fingerprint density at radius 2 is 1.85 bits per heavy atom. The summed E-state index contributed by atoms with van der Waals surface area (Å²) in [7, 11) is 0. The van der Waals surface area contributed by atoms with E-state index >= 15 is 0 Å². The molecule has 0 aliphatic carbocycles. The molecule has 1 aromatic carbocycles. The van der Waals surface area contributed by atoms with Crippen molar-refractivity contribution in [2.75, 3.05) is 26.2 Å². The van der Waals surface area contributed by atoms with Crippen LogP contribution in [0, 0.1) is 13.8 Å². The minimum absolute atomic E-state index is 0.416. The van der Waals surface area contributed by atoms with Crippen molar-refractivity contribution in [3.05, 3.63) is 29.3 Å². The second kappa shape index (κ2) is 7.44. The van der Waals surface area contributed by atoms with Crippen LogP contribution in [0.1, 0.15) is 36.8 Å². The summed E-state index contributed by atoms with van der Waals surface area (Å²) in [6, 6.07) is 6.25. The Labute approximate surface area is 121 Å². The smallest absolute Gasteiger partial charge is 0.135 e. The number of hydrogen-bond acceptors (Lipinski definition) is 3. The molecule has 1 heterocycles. The predicted octanol–water partition coefficient (Wildman–Crippen LogP) is 3.13. The normalized spacial score (nSPS) is 16.4. The second-order valence-corrected chi connectivity index (χ2v) is 5.68. The van der Waals surface area contributed by atoms with Gasteiger partial charge in [0.1, 0.15) is 11.5 Å². The van der Waals surface area contributed by atoms with Crippen LogP contribution in [0.15, 0.2) is 18.2 Å². The molecule has 3 heteroatoms. The number of carbonyl (C=O) groups excluding carboxylic acids is 1. The zero-order chi connectivity index (χ0) is 14.4. The van der Waals surface area contributed by atoms with E-state index in [2.05, 4.69) is 30.9 Å². The summed E-state index contributed by atoms with van der Waals surface area (Å²) in [6.07, 6.45) is 3.68. The first-order valence-corrected chi connectivity index (χ1v) is 7.59. The van der Waals surface area contributed by atoms with Gasteiger partial charge in [-0.1, -0.05) is 6.07 Å². The third-order valence-corrected chi connectivity index (χ3v) is 4.03. The molecule has 0 amide bonds. The van der Waals surface area contributed by atoms with Crippen molar-refractivity contribution in [1.82, 2.24) is 4.90 Å². The van der Waals surface area contributed by atoms with Gasteiger partial charge in [-0.15, -0.1) is 0 Å². The molecule has 2 rings (SSSR count). The first kappa shape index (κ1) is 15.0. The minimum Gasteiger partial charge on any atom is -0.494 e. The average molecular weight is 275 g/mol. The molecule has 20 heavy (non-hydrogen) atoms. The quantitative estimate of drug-likeness (QED) is 0.747. The van der Waals surface area contributed by atoms with E-state index in [1.807, 2.05) is 6.07 Å². The highest BCUT2D eigenvalue weighted by atomic mass is 16.5. The predicted molar refractivity (Wildman–Crippen MR) is 81.3 cm³/mol. The summed E-state index contributed by atoms with van der Waals surface area (Å²) in [5, 5.41) is 0. The van der Waals surface area contributed by atoms with E-state index in [-0.39, 0.29) is 0 Å². The van der Waals surface area contributed by atoms with Crippen molar-refractivity contribution in [2.45, 2.75) is 39.5 Å². The lowest BCUT2D eigenvalue weighted by atomic mass is 10.1. The lowest BCUT2D eigenvalue weighted by molar-refractivity contribution is -0.121. The highest BCUT2D eigenvalue weighted by Crippen LogP contribution is 2.16. The number of piperidine rings is 1. The fraction of sp³-hybridized carbons (Fsp3) is 0.588. The largest absolute Gasteiger partial charge is 0.494 e. The first-order chi connectivity index (χ1) is 9.65. The maximum atomic E-state index is 11.1. The highest BCUT2D eigenvalue weighted by molar-refractivity contribution is 5.79. The molecule has 110 valence electrons. The summed E-state index contributed by atoms with van der Waals surface area (Å²) in [4.78, 5) is 13.5. The van der Waals surface area contributed by atoms with Gasteiger partial charge in [0.2, 0.25) is 0 Å². The zero-order valence-corrected chi connectivity index (χ0v) is 12.7. The number of aryl methyl sites for hydroxylation is 2. The maximum absolute atomic E-state index is 11.1. The third-order valence-electron chi connectivity index (χ3n) is 4.03. The van der Waals surface area contributed by atoms with Crippen LogP contribution in [-0.4, -0.2) is 36.9 Å². The molecular formula is C17H25NO2. The SMILES string of the molecule is Cc1ccc(OCCCCN2CCC(=O)CC2)cc1C. The summed E-state index contributed by atoms with van der Waals surface area (Å²) in [5.41, 5.74) is 2.58. The minimum atomic E-state index is 0.416. The number of ketones is 1. The molecule has 1 aromatic rings. The Kier molecular flexibility index (Phi) is 5.60. The van der Waals surface area contributed by atoms with Crippen molar-refractivity contribution < 1.29 is 9.53 Å². The highest BCUT2D eigenvalue weighted by Gasteiger charge is 2.14. The van der Waals surface area contributed by atoms with Crippen molar-refractivity contribution >= 4 is 5.78 Å². The Hall–Kier alpha value is -1.35. The summed E-state index contributed by atoms with van der Waals surface area (Å²) < 4.78 is 5.78. The Morgan fingerprint density at radius 1 is 1.10 bits per heavy atom. The number of carbonyl (C=O) groups is 1. The Balaban J connectivity index is 1.59. The number of rotatable bonds is 6. The van der Waals surface area contributed by atoms with Gasteiger partial charge in [-0.25, -0.2) is 0 Å². The Bertz CT molecular complexity index is 446. The van der Waals surface area contributed by atoms with Crippen LogP contribution in [0.5, 0.6) is 5.75 Å². The fourth-order valence-corrected chi connectivity index (χ4v) is 2.46. The van der Waals surface area contributed by atoms with E-state index < -0.39 is 0 Å². The number of benzene rings is 1. The molecule has 1 saturated heterocycles. The molecule has 0 bridgehead atoms. The topological polar surface area (TPSA) is 29.5 Å². The fourth-order valence-electron chi connectivity index (χ4n) is 2.46. The van der Waals surface area contributed by atoms with Gasteiger partial charge in [0, 0.05) is 25.9 Å². The molecule has 1 fully saturated rings. The van der Waals surface area contributed by atoms with Crippen LogP contribution in [-0.2, 0) is 4.79 Å². The number of nitrogens with zero attached hydrogens (tertiary/aromatic N) is 1. The number of unbranched alkanes of at least 4 members (excludes halogenated alkanes) is 1. The molecule has 0 saturated carbocycles. The second-order valence-electron chi connectivity index (χ2n) is 5.68. The standard InChI is InChI=1S/C17H25NO2/c1-14-5-6-17(13-15(14)2)20-12-4-3-9-18-10-7-16(19)8-11-18/h5-6,13H,3-4,7-12H2,1-2H3. The van der Waals surface area contributed by atoms with E-state index in [0.717, 1.165) is 57.7 Å². The number of Topliss-reactive ketones (excluding diaryl/α,β-unsaturated/α-hetero) is 1. The van der Waals surface area contributed by atoms with Crippen molar-refractivity contribution in [2.24, 2.45) is 0 Å². The number of likely N-dealkylation sites (tertiary alicyclic amines) is 1. The monoisotopic (exact) mass is 275 g/mol. The van der Waals surface area contributed by atoms with Gasteiger partial charge in [-0.3, -0.25) is 4.79 Å². The van der Waals surface area contributed by atoms with Gasteiger partial charge in [0.05, 0.1) is 6.61 Å². The lowest BCUT2D eigenvalue weighted by Crippen LogP contribution is -2.34. The van der Waals surface area contributed by atoms with Crippen LogP contribution in [0.2, 0.25) is 0 Å². The Morgan fingerprint density at radius 3 is 2.55 bits per heavy atom. The zero-order valence-electron chi connectivity index (χ0n) is 12.7. The molecule has 0 atom stereocenters. The molecule has 1 aliphatic heterocycles. The molecule has 0 spiro atoms. The van der Waals surface area contributed by atoms with Gasteiger partial charge in [-0.05, 0) is 56.5 Å². The van der Waals surface area contributed by atoms with Gasteiger partial charge in [0.25, 0.3) is 0 Å². The molecule has 0 N–H and O–H groups in total. The van der Waals surface area contributed by atoms with Gasteiger partial charge >= 0.3 is 0 Å². The van der Waals surface area contributed by atoms with Gasteiger partial charge in [0.15, 0.2) is 0 Å². The van der Waals surface area contributed by atoms with Gasteiger partial charge < -0.3 is 9.64 Å². The van der Waals surface area contributed by atoms with Crippen molar-refractivity contribution in [3.8, 4) is 5.75 Å². The van der Waals surface area contributed by atoms with E-state index in [1.54, 1.807) is 0 Å². The molecule has 0 aromatic heterocycles. The van der Waals surface area contributed by atoms with Crippen molar-refractivity contribution in [3.63, 3.8) is 0 Å². The lowest BCUT2D eigenvalue weighted by Gasteiger charge is -2.25. The number of ether oxygens (including phenoxy) is 1. The van der Waals surface area contributed by atoms with Crippen LogP contribution < -0.4 is 4.74 Å². The van der Waals surface area contributed by atoms with E-state index in [4.69, 9.17) is 4.74 Å².